The van der Waals surface area contributed by atoms with Crippen molar-refractivity contribution in [2.75, 3.05) is 5.32 Å². The van der Waals surface area contributed by atoms with E-state index in [1.807, 2.05) is 31.2 Å². The van der Waals surface area contributed by atoms with Crippen molar-refractivity contribution in [1.29, 1.82) is 0 Å². The summed E-state index contributed by atoms with van der Waals surface area (Å²) >= 11 is 0. The minimum absolute atomic E-state index is 0.185. The maximum atomic E-state index is 12.8. The lowest BCUT2D eigenvalue weighted by Gasteiger charge is -2.25. The number of nitrogens with zero attached hydrogens (tertiary/aromatic N) is 1. The molecule has 1 atom stereocenters. The highest BCUT2D eigenvalue weighted by Gasteiger charge is 2.32. The number of fused-ring (bicyclic) bond motifs is 2. The molecule has 0 spiro atoms. The molecule has 0 saturated heterocycles. The van der Waals surface area contributed by atoms with Gasteiger partial charge in [-0.2, -0.15) is 0 Å². The number of carbonyl (C=O) groups is 1. The number of aryl methyl sites for hydroxylation is 1. The molecule has 2 aromatic rings. The van der Waals surface area contributed by atoms with Crippen LogP contribution in [0.2, 0.25) is 0 Å². The smallest absolute Gasteiger partial charge is 0.167 e. The van der Waals surface area contributed by atoms with Gasteiger partial charge in [-0.3, -0.25) is 9.79 Å². The Kier molecular flexibility index (Phi) is 3.57. The highest BCUT2D eigenvalue weighted by molar-refractivity contribution is 6.26. The van der Waals surface area contributed by atoms with Gasteiger partial charge >= 0.3 is 0 Å². The van der Waals surface area contributed by atoms with Crippen LogP contribution in [-0.2, 0) is 4.79 Å². The van der Waals surface area contributed by atoms with Crippen molar-refractivity contribution in [1.82, 2.24) is 0 Å². The number of hydrogen-bond acceptors (Lipinski definition) is 3. The van der Waals surface area contributed by atoms with Crippen molar-refractivity contribution in [3.05, 3.63) is 70.9 Å². The first-order chi connectivity index (χ1) is 11.6. The summed E-state index contributed by atoms with van der Waals surface area (Å²) in [7, 11) is 0. The molecule has 1 saturated carbocycles. The van der Waals surface area contributed by atoms with E-state index in [0.717, 1.165) is 34.8 Å². The lowest BCUT2D eigenvalue weighted by atomic mass is 9.78. The van der Waals surface area contributed by atoms with Crippen molar-refractivity contribution >= 4 is 22.9 Å². The Labute approximate surface area is 142 Å². The molecular weight excluding hydrogens is 296 g/mol. The number of nitrogens with one attached hydrogen (secondary N) is 1. The number of rotatable bonds is 1. The summed E-state index contributed by atoms with van der Waals surface area (Å²) in [4.78, 5) is 17.7. The van der Waals surface area contributed by atoms with E-state index in [1.54, 1.807) is 0 Å². The Hall–Kier alpha value is -2.68. The molecule has 1 heterocycles. The number of Topliss-reactive ketones (excluding diaryl/α,β-unsaturated/α-hetero) is 1. The van der Waals surface area contributed by atoms with Crippen LogP contribution in [-0.4, -0.2) is 11.5 Å². The second-order valence-corrected chi connectivity index (χ2v) is 6.64. The van der Waals surface area contributed by atoms with E-state index >= 15 is 0 Å². The Morgan fingerprint density at radius 3 is 2.71 bits per heavy atom. The average molecular weight is 316 g/mol. The summed E-state index contributed by atoms with van der Waals surface area (Å²) in [6, 6.07) is 16.4. The molecule has 0 unspecified atom stereocenters. The molecule has 0 aromatic heterocycles. The second kappa shape index (κ2) is 5.75. The molecule has 1 aliphatic carbocycles. The second-order valence-electron chi connectivity index (χ2n) is 6.64. The number of allylic oxidation sites excluding steroid dienone is 2. The molecular formula is C21H20N2O. The maximum Gasteiger partial charge on any atom is 0.167 e. The van der Waals surface area contributed by atoms with Crippen LogP contribution in [0.25, 0.3) is 0 Å². The fourth-order valence-electron chi connectivity index (χ4n) is 3.67. The number of hydrogen-bond donors (Lipinski definition) is 1. The fraction of sp³-hybridized carbons (Fsp3) is 0.238. The van der Waals surface area contributed by atoms with Crippen molar-refractivity contribution in [2.45, 2.75) is 32.6 Å². The van der Waals surface area contributed by atoms with Gasteiger partial charge in [-0.05, 0) is 43.9 Å². The number of benzene rings is 2. The van der Waals surface area contributed by atoms with E-state index in [9.17, 15) is 4.79 Å². The highest BCUT2D eigenvalue weighted by atomic mass is 16.1. The summed E-state index contributed by atoms with van der Waals surface area (Å²) in [6.45, 7) is 4.06. The third kappa shape index (κ3) is 2.56. The minimum atomic E-state index is 0.185. The van der Waals surface area contributed by atoms with E-state index in [-0.39, 0.29) is 11.7 Å². The van der Waals surface area contributed by atoms with Gasteiger partial charge in [-0.25, -0.2) is 0 Å². The number of aliphatic imine (C=N–C) groups is 1. The van der Waals surface area contributed by atoms with Gasteiger partial charge in [0.1, 0.15) is 0 Å². The Morgan fingerprint density at radius 2 is 1.88 bits per heavy atom. The molecule has 2 aliphatic rings. The van der Waals surface area contributed by atoms with Crippen LogP contribution in [0, 0.1) is 6.92 Å². The fourth-order valence-corrected chi connectivity index (χ4v) is 3.67. The molecule has 0 bridgehead atoms. The number of ketones is 1. The van der Waals surface area contributed by atoms with Crippen molar-refractivity contribution < 1.29 is 4.79 Å². The molecule has 4 rings (SSSR count). The summed E-state index contributed by atoms with van der Waals surface area (Å²) in [5, 5.41) is 3.36. The molecule has 0 amide bonds. The molecule has 0 radical (unpaired) electrons. The van der Waals surface area contributed by atoms with Crippen LogP contribution < -0.4 is 5.32 Å². The monoisotopic (exact) mass is 316 g/mol. The third-order valence-corrected chi connectivity index (χ3v) is 4.81. The van der Waals surface area contributed by atoms with E-state index in [4.69, 9.17) is 4.99 Å². The summed E-state index contributed by atoms with van der Waals surface area (Å²) in [5.74, 6) is 0.391. The van der Waals surface area contributed by atoms with Crippen LogP contribution in [0.4, 0.5) is 11.4 Å². The van der Waals surface area contributed by atoms with Crippen molar-refractivity contribution in [3.63, 3.8) is 0 Å². The molecule has 1 aliphatic heterocycles. The molecule has 1 fully saturated rings. The number of para-hydroxylation sites is 2. The van der Waals surface area contributed by atoms with Gasteiger partial charge in [0.15, 0.2) is 5.78 Å². The first-order valence-electron chi connectivity index (χ1n) is 8.36. The maximum absolute atomic E-state index is 12.8. The summed E-state index contributed by atoms with van der Waals surface area (Å²) in [5.41, 5.74) is 6.92. The van der Waals surface area contributed by atoms with E-state index in [1.165, 1.54) is 11.1 Å². The van der Waals surface area contributed by atoms with Gasteiger partial charge in [0.2, 0.25) is 0 Å². The van der Waals surface area contributed by atoms with Crippen LogP contribution in [0.1, 0.15) is 36.8 Å². The molecule has 120 valence electrons. The highest BCUT2D eigenvalue weighted by Crippen LogP contribution is 2.38. The molecule has 2 aromatic carbocycles. The first kappa shape index (κ1) is 14.9. The lowest BCUT2D eigenvalue weighted by molar-refractivity contribution is -0.115. The van der Waals surface area contributed by atoms with E-state index in [0.29, 0.717) is 6.42 Å². The Morgan fingerprint density at radius 1 is 1.04 bits per heavy atom. The van der Waals surface area contributed by atoms with Gasteiger partial charge in [-0.1, -0.05) is 42.0 Å². The quantitative estimate of drug-likeness (QED) is 0.812. The third-order valence-electron chi connectivity index (χ3n) is 4.81. The van der Waals surface area contributed by atoms with Crippen molar-refractivity contribution in [2.24, 2.45) is 4.99 Å². The summed E-state index contributed by atoms with van der Waals surface area (Å²) < 4.78 is 0. The Balaban J connectivity index is 1.78. The zero-order valence-corrected chi connectivity index (χ0v) is 14.0. The molecule has 1 N–H and O–H groups in total. The topological polar surface area (TPSA) is 41.5 Å². The van der Waals surface area contributed by atoms with Crippen LogP contribution in [0.5, 0.6) is 0 Å². The van der Waals surface area contributed by atoms with Gasteiger partial charge in [0, 0.05) is 12.1 Å². The largest absolute Gasteiger partial charge is 0.357 e. The molecule has 3 heteroatoms. The van der Waals surface area contributed by atoms with Gasteiger partial charge in [0.05, 0.1) is 22.7 Å². The average Bonchev–Trinajstić information content (AvgIpc) is 2.70. The normalized spacial score (nSPS) is 19.8. The van der Waals surface area contributed by atoms with Crippen molar-refractivity contribution in [3.8, 4) is 0 Å². The van der Waals surface area contributed by atoms with Crippen LogP contribution >= 0.6 is 0 Å². The minimum Gasteiger partial charge on any atom is -0.357 e. The van der Waals surface area contributed by atoms with Gasteiger partial charge in [-0.15, -0.1) is 0 Å². The zero-order chi connectivity index (χ0) is 16.7. The number of carbonyl (C=O) groups excluding carboxylic acids is 1. The Bertz CT molecular complexity index is 892. The zero-order valence-electron chi connectivity index (χ0n) is 14.0. The summed E-state index contributed by atoms with van der Waals surface area (Å²) in [6.07, 6.45) is 1.35. The van der Waals surface area contributed by atoms with Gasteiger partial charge in [0.25, 0.3) is 0 Å². The lowest BCUT2D eigenvalue weighted by Crippen LogP contribution is -2.26. The first-order valence-corrected chi connectivity index (χ1v) is 8.36. The van der Waals surface area contributed by atoms with Gasteiger partial charge < -0.3 is 5.32 Å². The number of anilines is 1. The predicted molar refractivity (Wildman–Crippen MR) is 98.0 cm³/mol. The standard InChI is InChI=1S/C21H20N2O/c1-13-6-5-7-15(10-13)16-11-19-21(20(24)12-16)14(2)22-17-8-3-4-9-18(17)23-19/h3-10,16,22H,11-12H2,1-2H3/t16-/m1/s1. The SMILES string of the molecule is CC1=C2C(=O)C[C@H](c3cccc(C)c3)CC2=Nc2ccccc2N1. The molecule has 24 heavy (non-hydrogen) atoms. The molecule has 3 nitrogen and oxygen atoms in total. The van der Waals surface area contributed by atoms with E-state index < -0.39 is 0 Å². The van der Waals surface area contributed by atoms with Crippen LogP contribution in [0.3, 0.4) is 0 Å². The predicted octanol–water partition coefficient (Wildman–Crippen LogP) is 4.91. The van der Waals surface area contributed by atoms with E-state index in [2.05, 4.69) is 36.5 Å². The van der Waals surface area contributed by atoms with Crippen LogP contribution in [0.15, 0.2) is 64.8 Å².